The van der Waals surface area contributed by atoms with Gasteiger partial charge in [-0.3, -0.25) is 4.79 Å². The lowest BCUT2D eigenvalue weighted by atomic mass is 9.83. The van der Waals surface area contributed by atoms with Crippen molar-refractivity contribution in [1.29, 1.82) is 0 Å². The van der Waals surface area contributed by atoms with Gasteiger partial charge in [0, 0.05) is 19.0 Å². The average Bonchev–Trinajstić information content (AvgIpc) is 2.43. The summed E-state index contributed by atoms with van der Waals surface area (Å²) in [7, 11) is 0. The molecule has 0 aliphatic rings. The Labute approximate surface area is 121 Å². The summed E-state index contributed by atoms with van der Waals surface area (Å²) in [5.74, 6) is 0.646. The molecule has 0 fully saturated rings. The van der Waals surface area contributed by atoms with Crippen LogP contribution < -0.4 is 0 Å². The molecule has 0 saturated heterocycles. The van der Waals surface area contributed by atoms with Crippen molar-refractivity contribution >= 4 is 17.5 Å². The Kier molecular flexibility index (Phi) is 6.36. The fraction of sp³-hybridized carbons (Fsp3) is 0.562. The molecule has 0 atom stereocenters. The predicted molar refractivity (Wildman–Crippen MR) is 81.7 cm³/mol. The summed E-state index contributed by atoms with van der Waals surface area (Å²) in [6.45, 7) is 7.51. The molecule has 0 radical (unpaired) electrons. The van der Waals surface area contributed by atoms with Crippen LogP contribution in [0.25, 0.3) is 0 Å². The van der Waals surface area contributed by atoms with E-state index in [0.717, 1.165) is 24.9 Å². The molecule has 0 spiro atoms. The van der Waals surface area contributed by atoms with E-state index in [1.54, 1.807) is 0 Å². The Bertz CT molecular complexity index is 389. The Morgan fingerprint density at radius 3 is 2.37 bits per heavy atom. The first-order valence-electron chi connectivity index (χ1n) is 6.95. The van der Waals surface area contributed by atoms with E-state index in [4.69, 9.17) is 11.6 Å². The molecule has 0 aliphatic heterocycles. The smallest absolute Gasteiger partial charge is 0.232 e. The average molecular weight is 282 g/mol. The second-order valence-corrected chi connectivity index (χ2v) is 5.70. The maximum Gasteiger partial charge on any atom is 0.232 e. The predicted octanol–water partition coefficient (Wildman–Crippen LogP) is 3.83. The Balaban J connectivity index is 2.88. The molecule has 0 saturated carbocycles. The van der Waals surface area contributed by atoms with Crippen LogP contribution in [0.3, 0.4) is 0 Å². The van der Waals surface area contributed by atoms with Crippen LogP contribution in [0, 0.1) is 0 Å². The molecule has 1 aromatic carbocycles. The summed E-state index contributed by atoms with van der Waals surface area (Å²) in [5.41, 5.74) is 0.553. The first-order valence-corrected chi connectivity index (χ1v) is 7.48. The first kappa shape index (κ1) is 16.0. The largest absolute Gasteiger partial charge is 0.341 e. The van der Waals surface area contributed by atoms with Gasteiger partial charge in [-0.25, -0.2) is 0 Å². The molecule has 0 bridgehead atoms. The van der Waals surface area contributed by atoms with Crippen LogP contribution in [0.4, 0.5) is 0 Å². The second-order valence-electron chi connectivity index (χ2n) is 5.33. The van der Waals surface area contributed by atoms with Crippen molar-refractivity contribution in [3.8, 4) is 0 Å². The van der Waals surface area contributed by atoms with Crippen molar-refractivity contribution in [2.45, 2.75) is 39.0 Å². The van der Waals surface area contributed by atoms with Gasteiger partial charge in [0.1, 0.15) is 0 Å². The maximum atomic E-state index is 12.7. The molecular weight excluding hydrogens is 258 g/mol. The fourth-order valence-corrected chi connectivity index (χ4v) is 2.34. The molecule has 1 amide bonds. The summed E-state index contributed by atoms with van der Waals surface area (Å²) in [5, 5.41) is 0. The number of unbranched alkanes of at least 4 members (excludes halogenated alkanes) is 1. The summed E-state index contributed by atoms with van der Waals surface area (Å²) in [6.07, 6.45) is 2.10. The van der Waals surface area contributed by atoms with E-state index in [2.05, 4.69) is 6.92 Å². The maximum absolute atomic E-state index is 12.7. The van der Waals surface area contributed by atoms with Crippen molar-refractivity contribution in [1.82, 2.24) is 4.90 Å². The minimum atomic E-state index is -0.499. The molecule has 0 N–H and O–H groups in total. The summed E-state index contributed by atoms with van der Waals surface area (Å²) >= 11 is 5.82. The van der Waals surface area contributed by atoms with Gasteiger partial charge in [0.05, 0.1) is 5.41 Å². The van der Waals surface area contributed by atoms with E-state index < -0.39 is 5.41 Å². The minimum absolute atomic E-state index is 0.160. The van der Waals surface area contributed by atoms with E-state index in [1.165, 1.54) is 0 Å². The topological polar surface area (TPSA) is 20.3 Å². The molecule has 0 unspecified atom stereocenters. The van der Waals surface area contributed by atoms with Crippen LogP contribution in [0.5, 0.6) is 0 Å². The van der Waals surface area contributed by atoms with Crippen molar-refractivity contribution in [3.63, 3.8) is 0 Å². The molecule has 19 heavy (non-hydrogen) atoms. The highest BCUT2D eigenvalue weighted by Gasteiger charge is 2.33. The lowest BCUT2D eigenvalue weighted by Gasteiger charge is -2.32. The molecule has 106 valence electrons. The molecule has 2 nitrogen and oxygen atoms in total. The van der Waals surface area contributed by atoms with Crippen LogP contribution in [-0.2, 0) is 10.2 Å². The Morgan fingerprint density at radius 2 is 1.84 bits per heavy atom. The van der Waals surface area contributed by atoms with Gasteiger partial charge in [-0.15, -0.1) is 11.6 Å². The van der Waals surface area contributed by atoms with E-state index in [-0.39, 0.29) is 5.91 Å². The third-order valence-corrected chi connectivity index (χ3v) is 3.62. The number of alkyl halides is 1. The third-order valence-electron chi connectivity index (χ3n) is 3.45. The fourth-order valence-electron chi connectivity index (χ4n) is 2.14. The van der Waals surface area contributed by atoms with Crippen molar-refractivity contribution in [2.75, 3.05) is 19.0 Å². The Hall–Kier alpha value is -1.02. The van der Waals surface area contributed by atoms with Crippen LogP contribution in [-0.4, -0.2) is 29.8 Å². The van der Waals surface area contributed by atoms with Crippen LogP contribution >= 0.6 is 11.6 Å². The molecular formula is C16H24ClNO. The number of hydrogen-bond acceptors (Lipinski definition) is 1. The van der Waals surface area contributed by atoms with Crippen molar-refractivity contribution in [3.05, 3.63) is 35.9 Å². The van der Waals surface area contributed by atoms with Gasteiger partial charge in [0.2, 0.25) is 5.91 Å². The van der Waals surface area contributed by atoms with Crippen molar-refractivity contribution in [2.24, 2.45) is 0 Å². The lowest BCUT2D eigenvalue weighted by molar-refractivity contribution is -0.136. The monoisotopic (exact) mass is 281 g/mol. The van der Waals surface area contributed by atoms with Crippen LogP contribution in [0.1, 0.15) is 39.2 Å². The SMILES string of the molecule is CCCCN(CCCl)C(=O)C(C)(C)c1ccccc1. The van der Waals surface area contributed by atoms with Gasteiger partial charge in [0.25, 0.3) is 0 Å². The summed E-state index contributed by atoms with van der Waals surface area (Å²) in [4.78, 5) is 14.6. The normalized spacial score (nSPS) is 11.4. The lowest BCUT2D eigenvalue weighted by Crippen LogP contribution is -2.44. The number of carbonyl (C=O) groups excluding carboxylic acids is 1. The summed E-state index contributed by atoms with van der Waals surface area (Å²) < 4.78 is 0. The number of nitrogens with zero attached hydrogens (tertiary/aromatic N) is 1. The van der Waals surface area contributed by atoms with E-state index >= 15 is 0 Å². The van der Waals surface area contributed by atoms with E-state index in [9.17, 15) is 4.79 Å². The highest BCUT2D eigenvalue weighted by atomic mass is 35.5. The summed E-state index contributed by atoms with van der Waals surface area (Å²) in [6, 6.07) is 9.94. The standard InChI is InChI=1S/C16H24ClNO/c1-4-5-12-18(13-11-17)15(19)16(2,3)14-9-7-6-8-10-14/h6-10H,4-5,11-13H2,1-3H3. The highest BCUT2D eigenvalue weighted by Crippen LogP contribution is 2.25. The van der Waals surface area contributed by atoms with Crippen LogP contribution in [0.15, 0.2) is 30.3 Å². The van der Waals surface area contributed by atoms with Crippen molar-refractivity contribution < 1.29 is 4.79 Å². The number of amides is 1. The number of carbonyl (C=O) groups is 1. The second kappa shape index (κ2) is 7.54. The highest BCUT2D eigenvalue weighted by molar-refractivity contribution is 6.18. The van der Waals surface area contributed by atoms with E-state index in [0.29, 0.717) is 12.4 Å². The first-order chi connectivity index (χ1) is 9.04. The minimum Gasteiger partial charge on any atom is -0.341 e. The zero-order valence-corrected chi connectivity index (χ0v) is 12.9. The zero-order chi connectivity index (χ0) is 14.3. The van der Waals surface area contributed by atoms with Gasteiger partial charge < -0.3 is 4.90 Å². The number of halogens is 1. The molecule has 1 rings (SSSR count). The van der Waals surface area contributed by atoms with Gasteiger partial charge in [-0.1, -0.05) is 43.7 Å². The van der Waals surface area contributed by atoms with E-state index in [1.807, 2.05) is 49.1 Å². The van der Waals surface area contributed by atoms with Gasteiger partial charge in [-0.2, -0.15) is 0 Å². The molecule has 0 aromatic heterocycles. The zero-order valence-electron chi connectivity index (χ0n) is 12.2. The number of rotatable bonds is 7. The number of benzene rings is 1. The Morgan fingerprint density at radius 1 is 1.21 bits per heavy atom. The molecule has 1 aromatic rings. The third kappa shape index (κ3) is 4.24. The quantitative estimate of drug-likeness (QED) is 0.696. The van der Waals surface area contributed by atoms with Gasteiger partial charge in [-0.05, 0) is 25.8 Å². The van der Waals surface area contributed by atoms with Gasteiger partial charge in [0.15, 0.2) is 0 Å². The molecule has 3 heteroatoms. The molecule has 0 heterocycles. The van der Waals surface area contributed by atoms with Crippen LogP contribution in [0.2, 0.25) is 0 Å². The van der Waals surface area contributed by atoms with Gasteiger partial charge >= 0.3 is 0 Å². The molecule has 0 aliphatic carbocycles. The number of hydrogen-bond donors (Lipinski definition) is 0.